The fourth-order valence-corrected chi connectivity index (χ4v) is 1.48. The molecule has 5 nitrogen and oxygen atoms in total. The van der Waals surface area contributed by atoms with E-state index in [9.17, 15) is 4.79 Å². The van der Waals surface area contributed by atoms with Crippen molar-refractivity contribution in [3.05, 3.63) is 16.9 Å². The zero-order chi connectivity index (χ0) is 10.6. The van der Waals surface area contributed by atoms with Crippen molar-refractivity contribution in [1.82, 2.24) is 15.1 Å². The number of halogens is 1. The van der Waals surface area contributed by atoms with Crippen LogP contribution in [0.2, 0.25) is 0 Å². The summed E-state index contributed by atoms with van der Waals surface area (Å²) in [5, 5.41) is 6.92. The summed E-state index contributed by atoms with van der Waals surface area (Å²) in [6, 6.07) is -0.294. The molecule has 1 aromatic heterocycles. The predicted octanol–water partition coefficient (Wildman–Crippen LogP) is 0.109. The second kappa shape index (κ2) is 5.11. The monoisotopic (exact) mass is 260 g/mol. The van der Waals surface area contributed by atoms with Gasteiger partial charge in [0.25, 0.3) is 0 Å². The van der Waals surface area contributed by atoms with E-state index >= 15 is 0 Å². The SMILES string of the molecule is CNC(CCn1cc(Br)cn1)C(N)=O. The third-order valence-corrected chi connectivity index (χ3v) is 2.35. The number of primary amides is 1. The van der Waals surface area contributed by atoms with Crippen LogP contribution in [-0.4, -0.2) is 28.8 Å². The van der Waals surface area contributed by atoms with Crippen LogP contribution in [0.15, 0.2) is 16.9 Å². The summed E-state index contributed by atoms with van der Waals surface area (Å²) >= 11 is 3.29. The molecule has 78 valence electrons. The number of aromatic nitrogens is 2. The van der Waals surface area contributed by atoms with Crippen LogP contribution in [0.4, 0.5) is 0 Å². The molecule has 1 unspecified atom stereocenters. The fourth-order valence-electron chi connectivity index (χ4n) is 1.15. The molecule has 1 rings (SSSR count). The van der Waals surface area contributed by atoms with E-state index in [1.807, 2.05) is 6.20 Å². The van der Waals surface area contributed by atoms with Gasteiger partial charge in [-0.25, -0.2) is 0 Å². The Morgan fingerprint density at radius 2 is 2.57 bits per heavy atom. The summed E-state index contributed by atoms with van der Waals surface area (Å²) in [4.78, 5) is 10.9. The number of amides is 1. The van der Waals surface area contributed by atoms with E-state index in [0.29, 0.717) is 13.0 Å². The zero-order valence-corrected chi connectivity index (χ0v) is 9.49. The maximum absolute atomic E-state index is 10.9. The maximum Gasteiger partial charge on any atom is 0.234 e. The predicted molar refractivity (Wildman–Crippen MR) is 56.6 cm³/mol. The van der Waals surface area contributed by atoms with Gasteiger partial charge in [0.2, 0.25) is 5.91 Å². The van der Waals surface area contributed by atoms with Crippen molar-refractivity contribution < 1.29 is 4.79 Å². The standard InChI is InChI=1S/C8H13BrN4O/c1-11-7(8(10)14)2-3-13-5-6(9)4-12-13/h4-5,7,11H,2-3H2,1H3,(H2,10,14). The lowest BCUT2D eigenvalue weighted by Gasteiger charge is -2.11. The molecule has 0 saturated heterocycles. The smallest absolute Gasteiger partial charge is 0.234 e. The van der Waals surface area contributed by atoms with Gasteiger partial charge in [0.1, 0.15) is 0 Å². The minimum absolute atomic E-state index is 0.294. The Morgan fingerprint density at radius 1 is 1.86 bits per heavy atom. The van der Waals surface area contributed by atoms with Crippen LogP contribution in [-0.2, 0) is 11.3 Å². The number of aryl methyl sites for hydroxylation is 1. The van der Waals surface area contributed by atoms with Crippen molar-refractivity contribution in [3.8, 4) is 0 Å². The highest BCUT2D eigenvalue weighted by Crippen LogP contribution is 2.06. The summed E-state index contributed by atoms with van der Waals surface area (Å²) in [7, 11) is 1.72. The number of nitrogens with two attached hydrogens (primary N) is 1. The van der Waals surface area contributed by atoms with Gasteiger partial charge in [-0.2, -0.15) is 5.10 Å². The van der Waals surface area contributed by atoms with Gasteiger partial charge in [0.05, 0.1) is 16.7 Å². The molecule has 0 aromatic carbocycles. The molecular weight excluding hydrogens is 248 g/mol. The quantitative estimate of drug-likeness (QED) is 0.790. The molecule has 3 N–H and O–H groups in total. The molecule has 0 saturated carbocycles. The Balaban J connectivity index is 2.43. The Hall–Kier alpha value is -0.880. The first-order valence-corrected chi connectivity index (χ1v) is 5.07. The number of nitrogens with zero attached hydrogens (tertiary/aromatic N) is 2. The summed E-state index contributed by atoms with van der Waals surface area (Å²) in [6.45, 7) is 0.667. The van der Waals surface area contributed by atoms with Crippen molar-refractivity contribution in [1.29, 1.82) is 0 Å². The van der Waals surface area contributed by atoms with Crippen LogP contribution in [0.5, 0.6) is 0 Å². The summed E-state index contributed by atoms with van der Waals surface area (Å²) < 4.78 is 2.69. The van der Waals surface area contributed by atoms with Crippen LogP contribution >= 0.6 is 15.9 Å². The van der Waals surface area contributed by atoms with E-state index in [-0.39, 0.29) is 11.9 Å². The lowest BCUT2D eigenvalue weighted by molar-refractivity contribution is -0.120. The van der Waals surface area contributed by atoms with E-state index in [1.165, 1.54) is 0 Å². The maximum atomic E-state index is 10.9. The molecule has 1 amide bonds. The molecule has 0 radical (unpaired) electrons. The Bertz CT molecular complexity index is 312. The molecule has 14 heavy (non-hydrogen) atoms. The fraction of sp³-hybridized carbons (Fsp3) is 0.500. The van der Waals surface area contributed by atoms with Crippen LogP contribution in [0.3, 0.4) is 0 Å². The third kappa shape index (κ3) is 3.12. The molecule has 1 atom stereocenters. The second-order valence-corrected chi connectivity index (χ2v) is 3.87. The lowest BCUT2D eigenvalue weighted by Crippen LogP contribution is -2.39. The van der Waals surface area contributed by atoms with Crippen LogP contribution in [0.1, 0.15) is 6.42 Å². The summed E-state index contributed by atoms with van der Waals surface area (Å²) in [5.41, 5.74) is 5.18. The minimum Gasteiger partial charge on any atom is -0.368 e. The number of likely N-dealkylation sites (N-methyl/N-ethyl adjacent to an activating group) is 1. The van der Waals surface area contributed by atoms with Crippen molar-refractivity contribution in [3.63, 3.8) is 0 Å². The first kappa shape index (κ1) is 11.2. The van der Waals surface area contributed by atoms with Gasteiger partial charge < -0.3 is 11.1 Å². The Kier molecular flexibility index (Phi) is 4.09. The largest absolute Gasteiger partial charge is 0.368 e. The summed E-state index contributed by atoms with van der Waals surface area (Å²) in [6.07, 6.45) is 4.20. The molecule has 0 aliphatic carbocycles. The molecule has 0 fully saturated rings. The number of rotatable bonds is 5. The molecule has 1 aromatic rings. The van der Waals surface area contributed by atoms with Crippen LogP contribution < -0.4 is 11.1 Å². The highest BCUT2D eigenvalue weighted by molar-refractivity contribution is 9.10. The van der Waals surface area contributed by atoms with Gasteiger partial charge >= 0.3 is 0 Å². The molecule has 0 bridgehead atoms. The van der Waals surface area contributed by atoms with E-state index in [1.54, 1.807) is 17.9 Å². The number of hydrogen-bond acceptors (Lipinski definition) is 3. The Labute approximate surface area is 90.8 Å². The van der Waals surface area contributed by atoms with E-state index < -0.39 is 0 Å². The first-order valence-electron chi connectivity index (χ1n) is 4.28. The van der Waals surface area contributed by atoms with Crippen molar-refractivity contribution in [2.24, 2.45) is 5.73 Å². The lowest BCUT2D eigenvalue weighted by atomic mass is 10.2. The molecular formula is C8H13BrN4O. The minimum atomic E-state index is -0.335. The van der Waals surface area contributed by atoms with Gasteiger partial charge in [-0.05, 0) is 29.4 Å². The summed E-state index contributed by atoms with van der Waals surface area (Å²) in [5.74, 6) is -0.335. The van der Waals surface area contributed by atoms with Gasteiger partial charge in [-0.3, -0.25) is 9.48 Å². The topological polar surface area (TPSA) is 72.9 Å². The zero-order valence-electron chi connectivity index (χ0n) is 7.90. The number of carbonyl (C=O) groups excluding carboxylic acids is 1. The van der Waals surface area contributed by atoms with Crippen LogP contribution in [0.25, 0.3) is 0 Å². The molecule has 0 spiro atoms. The Morgan fingerprint density at radius 3 is 3.00 bits per heavy atom. The highest BCUT2D eigenvalue weighted by Gasteiger charge is 2.12. The molecule has 0 aliphatic heterocycles. The average Bonchev–Trinajstić information content (AvgIpc) is 2.52. The van der Waals surface area contributed by atoms with Crippen molar-refractivity contribution >= 4 is 21.8 Å². The highest BCUT2D eigenvalue weighted by atomic mass is 79.9. The molecule has 0 aliphatic rings. The van der Waals surface area contributed by atoms with Crippen LogP contribution in [0, 0.1) is 0 Å². The number of hydrogen-bond donors (Lipinski definition) is 2. The third-order valence-electron chi connectivity index (χ3n) is 1.94. The van der Waals surface area contributed by atoms with E-state index in [0.717, 1.165) is 4.47 Å². The van der Waals surface area contributed by atoms with E-state index in [4.69, 9.17) is 5.73 Å². The molecule has 1 heterocycles. The average molecular weight is 261 g/mol. The molecule has 6 heteroatoms. The number of carbonyl (C=O) groups is 1. The second-order valence-electron chi connectivity index (χ2n) is 2.95. The first-order chi connectivity index (χ1) is 6.63. The normalized spacial score (nSPS) is 12.7. The van der Waals surface area contributed by atoms with Gasteiger partial charge in [-0.15, -0.1) is 0 Å². The van der Waals surface area contributed by atoms with Gasteiger partial charge in [0.15, 0.2) is 0 Å². The van der Waals surface area contributed by atoms with Gasteiger partial charge in [0, 0.05) is 12.7 Å². The number of nitrogens with one attached hydrogen (secondary N) is 1. The van der Waals surface area contributed by atoms with Gasteiger partial charge in [-0.1, -0.05) is 0 Å². The van der Waals surface area contributed by atoms with E-state index in [2.05, 4.69) is 26.3 Å². The van der Waals surface area contributed by atoms with Crippen molar-refractivity contribution in [2.75, 3.05) is 7.05 Å². The van der Waals surface area contributed by atoms with Crippen molar-refractivity contribution in [2.45, 2.75) is 19.0 Å².